The van der Waals surface area contributed by atoms with Gasteiger partial charge in [0.25, 0.3) is 5.91 Å². The number of carbonyl (C=O) groups is 1. The molecule has 5 rings (SSSR count). The van der Waals surface area contributed by atoms with Crippen LogP contribution in [0.1, 0.15) is 28.4 Å². The molecule has 0 atom stereocenters. The Morgan fingerprint density at radius 2 is 2.00 bits per heavy atom. The summed E-state index contributed by atoms with van der Waals surface area (Å²) >= 11 is 3.28. The third-order valence-corrected chi connectivity index (χ3v) is 7.13. The molecule has 0 spiro atoms. The van der Waals surface area contributed by atoms with Gasteiger partial charge in [-0.05, 0) is 53.8 Å². The maximum atomic E-state index is 12.7. The second-order valence-electron chi connectivity index (χ2n) is 7.39. The van der Waals surface area contributed by atoms with Crippen LogP contribution >= 0.6 is 23.1 Å². The van der Waals surface area contributed by atoms with Gasteiger partial charge >= 0.3 is 0 Å². The van der Waals surface area contributed by atoms with Crippen molar-refractivity contribution in [1.82, 2.24) is 20.1 Å². The van der Waals surface area contributed by atoms with Crippen molar-refractivity contribution >= 4 is 29.0 Å². The fourth-order valence-corrected chi connectivity index (χ4v) is 5.22. The molecule has 1 aliphatic rings. The predicted molar refractivity (Wildman–Crippen MR) is 129 cm³/mol. The summed E-state index contributed by atoms with van der Waals surface area (Å²) in [5, 5.41) is 14.7. The highest BCUT2D eigenvalue weighted by molar-refractivity contribution is 7.98. The Labute approximate surface area is 199 Å². The maximum absolute atomic E-state index is 12.7. The zero-order valence-corrected chi connectivity index (χ0v) is 19.6. The Balaban J connectivity index is 1.22. The van der Waals surface area contributed by atoms with Gasteiger partial charge in [0.1, 0.15) is 0 Å². The summed E-state index contributed by atoms with van der Waals surface area (Å²) in [6, 6.07) is 17.4. The average Bonchev–Trinajstić information content (AvgIpc) is 3.61. The molecule has 1 amide bonds. The number of rotatable bonds is 8. The normalized spacial score (nSPS) is 12.2. The molecule has 1 aliphatic heterocycles. The number of hydrogen-bond donors (Lipinski definition) is 1. The maximum Gasteiger partial charge on any atom is 0.251 e. The van der Waals surface area contributed by atoms with Gasteiger partial charge in [0.2, 0.25) is 6.79 Å². The molecule has 0 saturated carbocycles. The first-order valence-electron chi connectivity index (χ1n) is 10.6. The van der Waals surface area contributed by atoms with Gasteiger partial charge in [-0.1, -0.05) is 36.0 Å². The summed E-state index contributed by atoms with van der Waals surface area (Å²) in [6.45, 7) is 3.54. The Bertz CT molecular complexity index is 1270. The van der Waals surface area contributed by atoms with E-state index in [1.54, 1.807) is 23.1 Å². The average molecular weight is 479 g/mol. The monoisotopic (exact) mass is 478 g/mol. The Kier molecular flexibility index (Phi) is 6.32. The minimum atomic E-state index is -0.115. The van der Waals surface area contributed by atoms with E-state index in [1.807, 2.05) is 53.9 Å². The molecule has 0 fully saturated rings. The lowest BCUT2D eigenvalue weighted by Crippen LogP contribution is -2.22. The molecular formula is C24H22N4O3S2. The van der Waals surface area contributed by atoms with Crippen molar-refractivity contribution in [3.05, 3.63) is 76.7 Å². The number of aromatic nitrogens is 3. The van der Waals surface area contributed by atoms with Crippen molar-refractivity contribution in [3.63, 3.8) is 0 Å². The molecule has 33 heavy (non-hydrogen) atoms. The van der Waals surface area contributed by atoms with E-state index in [4.69, 9.17) is 9.47 Å². The number of hydrogen-bond acceptors (Lipinski definition) is 7. The van der Waals surface area contributed by atoms with Gasteiger partial charge in [0.05, 0.1) is 4.88 Å². The third kappa shape index (κ3) is 4.74. The first-order chi connectivity index (χ1) is 16.2. The fraction of sp³-hybridized carbons (Fsp3) is 0.208. The van der Waals surface area contributed by atoms with E-state index in [0.29, 0.717) is 23.6 Å². The molecule has 2 aromatic carbocycles. The van der Waals surface area contributed by atoms with Crippen LogP contribution in [0.2, 0.25) is 0 Å². The van der Waals surface area contributed by atoms with Gasteiger partial charge in [-0.2, -0.15) is 0 Å². The van der Waals surface area contributed by atoms with Gasteiger partial charge in [0.15, 0.2) is 22.5 Å². The largest absolute Gasteiger partial charge is 0.454 e. The van der Waals surface area contributed by atoms with Crippen molar-refractivity contribution in [3.8, 4) is 22.2 Å². The highest BCUT2D eigenvalue weighted by atomic mass is 32.2. The van der Waals surface area contributed by atoms with Crippen LogP contribution in [-0.2, 0) is 18.8 Å². The number of fused-ring (bicyclic) bond motifs is 1. The molecule has 7 nitrogen and oxygen atoms in total. The van der Waals surface area contributed by atoms with E-state index in [1.165, 1.54) is 0 Å². The third-order valence-electron chi connectivity index (χ3n) is 5.22. The molecule has 0 saturated heterocycles. The first kappa shape index (κ1) is 21.5. The summed E-state index contributed by atoms with van der Waals surface area (Å²) < 4.78 is 12.9. The molecule has 2 aromatic heterocycles. The number of thiophene rings is 1. The summed E-state index contributed by atoms with van der Waals surface area (Å²) in [5.74, 6) is 2.92. The second-order valence-corrected chi connectivity index (χ2v) is 9.28. The molecule has 1 N–H and O–H groups in total. The first-order valence-corrected chi connectivity index (χ1v) is 12.4. The zero-order valence-electron chi connectivity index (χ0n) is 18.0. The number of ether oxygens (including phenoxy) is 2. The molecule has 4 aromatic rings. The zero-order chi connectivity index (χ0) is 22.6. The second kappa shape index (κ2) is 9.68. The lowest BCUT2D eigenvalue weighted by Gasteiger charge is -2.09. The van der Waals surface area contributed by atoms with Crippen LogP contribution in [0.5, 0.6) is 11.5 Å². The molecule has 168 valence electrons. The van der Waals surface area contributed by atoms with Crippen LogP contribution < -0.4 is 14.8 Å². The number of benzene rings is 2. The molecule has 3 heterocycles. The molecular weight excluding hydrogens is 456 g/mol. The Hall–Kier alpha value is -3.30. The van der Waals surface area contributed by atoms with Gasteiger partial charge in [-0.25, -0.2) is 0 Å². The number of thioether (sulfide) groups is 1. The molecule has 0 aliphatic carbocycles. The number of amides is 1. The standard InChI is InChI=1S/C24H22N4O3S2/c1-2-28-22(21-7-4-10-32-21)26-27-24(28)33-14-17-5-3-6-18(11-17)23(29)25-13-16-8-9-19-20(12-16)31-15-30-19/h3-12H,2,13-15H2,1H3,(H,25,29). The predicted octanol–water partition coefficient (Wildman–Crippen LogP) is 4.98. The highest BCUT2D eigenvalue weighted by Gasteiger charge is 2.15. The SMILES string of the molecule is CCn1c(SCc2cccc(C(=O)NCc3ccc4c(c3)OCO4)c2)nnc1-c1cccs1. The van der Waals surface area contributed by atoms with Crippen LogP contribution in [-0.4, -0.2) is 27.5 Å². The van der Waals surface area contributed by atoms with Crippen LogP contribution in [0.15, 0.2) is 65.1 Å². The topological polar surface area (TPSA) is 78.3 Å². The quantitative estimate of drug-likeness (QED) is 0.360. The van der Waals surface area contributed by atoms with Crippen LogP contribution in [0, 0.1) is 0 Å². The number of nitrogens with zero attached hydrogens (tertiary/aromatic N) is 3. The van der Waals surface area contributed by atoms with E-state index >= 15 is 0 Å². The van der Waals surface area contributed by atoms with Gasteiger partial charge in [-0.3, -0.25) is 4.79 Å². The summed E-state index contributed by atoms with van der Waals surface area (Å²) in [4.78, 5) is 13.8. The molecule has 0 unspecified atom stereocenters. The smallest absolute Gasteiger partial charge is 0.251 e. The van der Waals surface area contributed by atoms with Crippen molar-refractivity contribution in [2.24, 2.45) is 0 Å². The Morgan fingerprint density at radius 1 is 1.09 bits per heavy atom. The van der Waals surface area contributed by atoms with Gasteiger partial charge < -0.3 is 19.4 Å². The summed E-state index contributed by atoms with van der Waals surface area (Å²) in [6.07, 6.45) is 0. The molecule has 0 bridgehead atoms. The van der Waals surface area contributed by atoms with Crippen molar-refractivity contribution in [1.29, 1.82) is 0 Å². The molecule has 9 heteroatoms. The lowest BCUT2D eigenvalue weighted by molar-refractivity contribution is 0.0950. The van der Waals surface area contributed by atoms with Crippen molar-refractivity contribution in [2.75, 3.05) is 6.79 Å². The van der Waals surface area contributed by atoms with Crippen LogP contribution in [0.4, 0.5) is 0 Å². The van der Waals surface area contributed by atoms with E-state index in [9.17, 15) is 4.79 Å². The summed E-state index contributed by atoms with van der Waals surface area (Å²) in [5.41, 5.74) is 2.64. The van der Waals surface area contributed by atoms with E-state index < -0.39 is 0 Å². The Morgan fingerprint density at radius 3 is 2.85 bits per heavy atom. The van der Waals surface area contributed by atoms with E-state index in [2.05, 4.69) is 33.1 Å². The van der Waals surface area contributed by atoms with Gasteiger partial charge in [0, 0.05) is 24.4 Å². The lowest BCUT2D eigenvalue weighted by atomic mass is 10.1. The fourth-order valence-electron chi connectivity index (χ4n) is 3.55. The highest BCUT2D eigenvalue weighted by Crippen LogP contribution is 2.32. The van der Waals surface area contributed by atoms with Gasteiger partial charge in [-0.15, -0.1) is 21.5 Å². The van der Waals surface area contributed by atoms with E-state index in [0.717, 1.165) is 39.3 Å². The van der Waals surface area contributed by atoms with Crippen LogP contribution in [0.3, 0.4) is 0 Å². The minimum absolute atomic E-state index is 0.115. The minimum Gasteiger partial charge on any atom is -0.454 e. The van der Waals surface area contributed by atoms with Crippen LogP contribution in [0.25, 0.3) is 10.7 Å². The summed E-state index contributed by atoms with van der Waals surface area (Å²) in [7, 11) is 0. The molecule has 0 radical (unpaired) electrons. The number of nitrogens with one attached hydrogen (secondary N) is 1. The van der Waals surface area contributed by atoms with Crippen molar-refractivity contribution < 1.29 is 14.3 Å². The van der Waals surface area contributed by atoms with Crippen molar-refractivity contribution in [2.45, 2.75) is 30.9 Å². The van der Waals surface area contributed by atoms with E-state index in [-0.39, 0.29) is 12.7 Å². The number of carbonyl (C=O) groups excluding carboxylic acids is 1.